The molecule has 0 unspecified atom stereocenters. The number of nitrogens with zero attached hydrogens (tertiary/aromatic N) is 7. The number of carbonyl (C=O) groups is 1. The lowest BCUT2D eigenvalue weighted by atomic mass is 10.1. The van der Waals surface area contributed by atoms with Crippen LogP contribution in [0, 0.1) is 0 Å². The normalized spacial score (nSPS) is 16.9. The number of rotatable bonds is 8. The minimum absolute atomic E-state index is 0.0107. The SMILES string of the molecule is C=Nc1c(N(C)CCN)nc(-c2cccc(C(=O)N3CCN(CO)CC3)c2)nc1N1CCOCC1. The molecule has 1 amide bonds. The number of benzene rings is 1. The number of aliphatic imine (C=N–C) groups is 1. The van der Waals surface area contributed by atoms with Gasteiger partial charge in [-0.1, -0.05) is 12.1 Å². The molecule has 0 saturated carbocycles. The largest absolute Gasteiger partial charge is 0.381 e. The van der Waals surface area contributed by atoms with Gasteiger partial charge in [-0.2, -0.15) is 0 Å². The van der Waals surface area contributed by atoms with Crippen molar-refractivity contribution in [3.05, 3.63) is 29.8 Å². The molecular formula is C24H34N8O3. The van der Waals surface area contributed by atoms with E-state index in [1.807, 2.05) is 46.0 Å². The van der Waals surface area contributed by atoms with Crippen LogP contribution in [0.4, 0.5) is 17.3 Å². The van der Waals surface area contributed by atoms with Crippen molar-refractivity contribution < 1.29 is 14.6 Å². The highest BCUT2D eigenvalue weighted by atomic mass is 16.5. The van der Waals surface area contributed by atoms with Crippen LogP contribution < -0.4 is 15.5 Å². The number of carbonyl (C=O) groups excluding carboxylic acids is 1. The van der Waals surface area contributed by atoms with Crippen molar-refractivity contribution >= 4 is 29.9 Å². The molecule has 188 valence electrons. The van der Waals surface area contributed by atoms with Crippen LogP contribution in [-0.4, -0.2) is 117 Å². The predicted octanol–water partition coefficient (Wildman–Crippen LogP) is 0.415. The number of hydrogen-bond acceptors (Lipinski definition) is 10. The van der Waals surface area contributed by atoms with Crippen LogP contribution in [0.2, 0.25) is 0 Å². The van der Waals surface area contributed by atoms with Crippen LogP contribution in [0.15, 0.2) is 29.3 Å². The number of morpholine rings is 1. The number of aliphatic hydroxyl groups excluding tert-OH is 1. The van der Waals surface area contributed by atoms with E-state index >= 15 is 0 Å². The van der Waals surface area contributed by atoms with Gasteiger partial charge in [0.05, 0.1) is 19.9 Å². The molecule has 1 aromatic carbocycles. The van der Waals surface area contributed by atoms with Crippen molar-refractivity contribution in [1.82, 2.24) is 19.8 Å². The van der Waals surface area contributed by atoms with Crippen LogP contribution in [-0.2, 0) is 4.74 Å². The van der Waals surface area contributed by atoms with Crippen molar-refractivity contribution in [1.29, 1.82) is 0 Å². The van der Waals surface area contributed by atoms with Crippen molar-refractivity contribution in [3.8, 4) is 11.4 Å². The van der Waals surface area contributed by atoms with Crippen LogP contribution in [0.3, 0.4) is 0 Å². The van der Waals surface area contributed by atoms with E-state index in [1.165, 1.54) is 0 Å². The summed E-state index contributed by atoms with van der Waals surface area (Å²) in [6.45, 7) is 9.92. The zero-order valence-corrected chi connectivity index (χ0v) is 20.3. The molecule has 3 heterocycles. The summed E-state index contributed by atoms with van der Waals surface area (Å²) in [6, 6.07) is 7.42. The van der Waals surface area contributed by atoms with Crippen molar-refractivity contribution in [3.63, 3.8) is 0 Å². The Bertz CT molecular complexity index is 1040. The number of piperazine rings is 1. The molecule has 0 radical (unpaired) electrons. The van der Waals surface area contributed by atoms with Gasteiger partial charge in [0.2, 0.25) is 0 Å². The van der Waals surface area contributed by atoms with E-state index in [-0.39, 0.29) is 12.6 Å². The highest BCUT2D eigenvalue weighted by molar-refractivity contribution is 5.95. The third-order valence-electron chi connectivity index (χ3n) is 6.37. The Hall–Kier alpha value is -3.12. The van der Waals surface area contributed by atoms with E-state index in [2.05, 4.69) is 16.6 Å². The minimum atomic E-state index is -0.0392. The average Bonchev–Trinajstić information content (AvgIpc) is 2.92. The fourth-order valence-corrected chi connectivity index (χ4v) is 4.33. The number of anilines is 2. The maximum Gasteiger partial charge on any atom is 0.253 e. The van der Waals surface area contributed by atoms with E-state index in [0.29, 0.717) is 94.3 Å². The third kappa shape index (κ3) is 5.59. The number of aliphatic hydroxyl groups is 1. The van der Waals surface area contributed by atoms with Crippen LogP contribution >= 0.6 is 0 Å². The van der Waals surface area contributed by atoms with Gasteiger partial charge >= 0.3 is 0 Å². The number of aromatic nitrogens is 2. The second-order valence-corrected chi connectivity index (χ2v) is 8.64. The van der Waals surface area contributed by atoms with Crippen LogP contribution in [0.1, 0.15) is 10.4 Å². The van der Waals surface area contributed by atoms with Gasteiger partial charge < -0.3 is 30.3 Å². The molecule has 1 aromatic heterocycles. The molecular weight excluding hydrogens is 448 g/mol. The van der Waals surface area contributed by atoms with Crippen molar-refractivity contribution in [2.45, 2.75) is 0 Å². The maximum atomic E-state index is 13.2. The van der Waals surface area contributed by atoms with Gasteiger partial charge in [-0.05, 0) is 18.9 Å². The molecule has 2 aromatic rings. The number of hydrogen-bond donors (Lipinski definition) is 2. The Kier molecular flexibility index (Phi) is 8.24. The third-order valence-corrected chi connectivity index (χ3v) is 6.37. The van der Waals surface area contributed by atoms with Crippen LogP contribution in [0.25, 0.3) is 11.4 Å². The summed E-state index contributed by atoms with van der Waals surface area (Å²) in [6.07, 6.45) is 0. The van der Waals surface area contributed by atoms with Crippen LogP contribution in [0.5, 0.6) is 0 Å². The summed E-state index contributed by atoms with van der Waals surface area (Å²) in [5, 5.41) is 9.32. The lowest BCUT2D eigenvalue weighted by Crippen LogP contribution is -2.48. The molecule has 0 spiro atoms. The number of amides is 1. The molecule has 0 aliphatic carbocycles. The number of likely N-dealkylation sites (N-methyl/N-ethyl adjacent to an activating group) is 1. The first kappa shape index (κ1) is 25.0. The summed E-state index contributed by atoms with van der Waals surface area (Å²) in [5.74, 6) is 1.82. The second-order valence-electron chi connectivity index (χ2n) is 8.64. The molecule has 11 heteroatoms. The standard InChI is InChI=1S/C24H34N8O3/c1-26-20-22(29(2)7-6-25)27-21(28-23(20)31-12-14-35-15-13-31)18-4-3-5-19(16-18)24(34)32-10-8-30(17-33)9-11-32/h3-5,16,33H,1,6-15,17,25H2,2H3. The molecule has 3 N–H and O–H groups in total. The van der Waals surface area contributed by atoms with Gasteiger partial charge in [-0.15, -0.1) is 0 Å². The average molecular weight is 483 g/mol. The Labute approximate surface area is 205 Å². The molecule has 2 saturated heterocycles. The van der Waals surface area contributed by atoms with E-state index < -0.39 is 0 Å². The number of ether oxygens (including phenoxy) is 1. The predicted molar refractivity (Wildman–Crippen MR) is 137 cm³/mol. The fourth-order valence-electron chi connectivity index (χ4n) is 4.33. The first-order valence-electron chi connectivity index (χ1n) is 11.9. The lowest BCUT2D eigenvalue weighted by Gasteiger charge is -2.33. The first-order chi connectivity index (χ1) is 17.0. The lowest BCUT2D eigenvalue weighted by molar-refractivity contribution is 0.0423. The van der Waals surface area contributed by atoms with E-state index in [4.69, 9.17) is 20.4 Å². The van der Waals surface area contributed by atoms with Gasteiger partial charge in [-0.3, -0.25) is 14.7 Å². The van der Waals surface area contributed by atoms with E-state index in [0.717, 1.165) is 5.56 Å². The topological polar surface area (TPSA) is 124 Å². The molecule has 35 heavy (non-hydrogen) atoms. The second kappa shape index (κ2) is 11.5. The summed E-state index contributed by atoms with van der Waals surface area (Å²) >= 11 is 0. The smallest absolute Gasteiger partial charge is 0.253 e. The van der Waals surface area contributed by atoms with Crippen molar-refractivity contribution in [2.75, 3.05) is 89.2 Å². The maximum absolute atomic E-state index is 13.2. The molecule has 0 bridgehead atoms. The summed E-state index contributed by atoms with van der Waals surface area (Å²) in [7, 11) is 1.92. The van der Waals surface area contributed by atoms with E-state index in [1.54, 1.807) is 0 Å². The summed E-state index contributed by atoms with van der Waals surface area (Å²) < 4.78 is 5.52. The zero-order valence-electron chi connectivity index (χ0n) is 20.3. The Morgan fingerprint density at radius 2 is 1.94 bits per heavy atom. The Morgan fingerprint density at radius 3 is 2.60 bits per heavy atom. The Morgan fingerprint density at radius 1 is 1.20 bits per heavy atom. The molecule has 2 aliphatic rings. The highest BCUT2D eigenvalue weighted by Crippen LogP contribution is 2.37. The zero-order chi connectivity index (χ0) is 24.8. The van der Waals surface area contributed by atoms with Gasteiger partial charge in [-0.25, -0.2) is 9.97 Å². The van der Waals surface area contributed by atoms with Gasteiger partial charge in [0.1, 0.15) is 5.69 Å². The molecule has 2 fully saturated rings. The van der Waals surface area contributed by atoms with Gasteiger partial charge in [0.25, 0.3) is 5.91 Å². The quantitative estimate of drug-likeness (QED) is 0.515. The van der Waals surface area contributed by atoms with Gasteiger partial charge in [0.15, 0.2) is 17.5 Å². The first-order valence-corrected chi connectivity index (χ1v) is 11.9. The monoisotopic (exact) mass is 482 g/mol. The van der Waals surface area contributed by atoms with Crippen molar-refractivity contribution in [2.24, 2.45) is 10.7 Å². The molecule has 11 nitrogen and oxygen atoms in total. The number of nitrogens with two attached hydrogens (primary N) is 1. The molecule has 4 rings (SSSR count). The molecule has 2 aliphatic heterocycles. The van der Waals surface area contributed by atoms with E-state index in [9.17, 15) is 9.90 Å². The fraction of sp³-hybridized carbons (Fsp3) is 0.500. The molecule has 0 atom stereocenters. The highest BCUT2D eigenvalue weighted by Gasteiger charge is 2.25. The minimum Gasteiger partial charge on any atom is -0.381 e. The Balaban J connectivity index is 1.70. The summed E-state index contributed by atoms with van der Waals surface area (Å²) in [5.41, 5.74) is 7.75. The van der Waals surface area contributed by atoms with Gasteiger partial charge in [0, 0.05) is 70.5 Å². The summed E-state index contributed by atoms with van der Waals surface area (Å²) in [4.78, 5) is 35.0.